The SMILES string of the molecule is CCCCCCCCCCCCCCCCCCCCCC(=O)OC[C@H](COP(=O)(O)OC[C@@H](O)COP(=O)(O)OC[C@@H](COC(=O)CCCCCCCCCCC)OC(=O)CCCCCCCCCCCCCCCCCC(C)C)OC(=O)CCCCCCCCCCCCCCCCCCCCC(C)C. The monoisotopic (exact) mass is 1560 g/mol. The molecule has 5 atom stereocenters. The molecule has 0 bridgehead atoms. The molecule has 0 aliphatic heterocycles. The van der Waals surface area contributed by atoms with Crippen LogP contribution in [0.1, 0.15) is 472 Å². The van der Waals surface area contributed by atoms with Crippen LogP contribution >= 0.6 is 15.6 Å². The quantitative estimate of drug-likeness (QED) is 0.0222. The summed E-state index contributed by atoms with van der Waals surface area (Å²) in [5.41, 5.74) is 0. The number of rotatable bonds is 87. The zero-order valence-electron chi connectivity index (χ0n) is 70.5. The molecule has 0 aromatic carbocycles. The predicted octanol–water partition coefficient (Wildman–Crippen LogP) is 27.0. The lowest BCUT2D eigenvalue weighted by atomic mass is 10.0. The largest absolute Gasteiger partial charge is 0.472 e. The second kappa shape index (κ2) is 79.3. The molecular weight excluding hydrogens is 1390 g/mol. The zero-order valence-corrected chi connectivity index (χ0v) is 72.2. The number of hydrogen-bond donors (Lipinski definition) is 3. The Morgan fingerprint density at radius 1 is 0.252 bits per heavy atom. The van der Waals surface area contributed by atoms with Gasteiger partial charge in [-0.2, -0.15) is 0 Å². The normalized spacial score (nSPS) is 13.8. The molecule has 636 valence electrons. The summed E-state index contributed by atoms with van der Waals surface area (Å²) in [5.74, 6) is -0.477. The van der Waals surface area contributed by atoms with Gasteiger partial charge in [-0.05, 0) is 37.5 Å². The van der Waals surface area contributed by atoms with E-state index < -0.39 is 97.5 Å². The van der Waals surface area contributed by atoms with E-state index in [0.717, 1.165) is 102 Å². The van der Waals surface area contributed by atoms with Crippen LogP contribution in [-0.4, -0.2) is 96.7 Å². The van der Waals surface area contributed by atoms with Crippen molar-refractivity contribution >= 4 is 39.5 Å². The third kappa shape index (κ3) is 81.9. The molecular formula is C88H172O17P2. The Bertz CT molecular complexity index is 2050. The lowest BCUT2D eigenvalue weighted by Gasteiger charge is -2.21. The average Bonchev–Trinajstić information content (AvgIpc) is 0.901. The van der Waals surface area contributed by atoms with Crippen molar-refractivity contribution in [1.82, 2.24) is 0 Å². The first-order valence-electron chi connectivity index (χ1n) is 45.5. The molecule has 0 radical (unpaired) electrons. The van der Waals surface area contributed by atoms with Crippen molar-refractivity contribution in [2.45, 2.75) is 490 Å². The fraction of sp³-hybridized carbons (Fsp3) is 0.955. The fourth-order valence-electron chi connectivity index (χ4n) is 13.8. The Labute approximate surface area is 658 Å². The number of unbranched alkanes of at least 4 members (excludes halogenated alkanes) is 57. The number of esters is 4. The van der Waals surface area contributed by atoms with E-state index in [-0.39, 0.29) is 25.7 Å². The van der Waals surface area contributed by atoms with Crippen LogP contribution in [0.3, 0.4) is 0 Å². The first kappa shape index (κ1) is 105. The predicted molar refractivity (Wildman–Crippen MR) is 442 cm³/mol. The van der Waals surface area contributed by atoms with E-state index in [2.05, 4.69) is 41.5 Å². The summed E-state index contributed by atoms with van der Waals surface area (Å²) in [6.07, 6.45) is 72.3. The molecule has 17 nitrogen and oxygen atoms in total. The van der Waals surface area contributed by atoms with Crippen molar-refractivity contribution in [3.63, 3.8) is 0 Å². The van der Waals surface area contributed by atoms with Crippen molar-refractivity contribution in [1.29, 1.82) is 0 Å². The van der Waals surface area contributed by atoms with Crippen molar-refractivity contribution in [2.24, 2.45) is 11.8 Å². The van der Waals surface area contributed by atoms with Gasteiger partial charge in [0.1, 0.15) is 19.3 Å². The Kier molecular flexibility index (Phi) is 77.9. The highest BCUT2D eigenvalue weighted by molar-refractivity contribution is 7.47. The van der Waals surface area contributed by atoms with E-state index in [1.54, 1.807) is 0 Å². The first-order chi connectivity index (χ1) is 51.9. The molecule has 0 amide bonds. The molecule has 19 heteroatoms. The van der Waals surface area contributed by atoms with Crippen LogP contribution < -0.4 is 0 Å². The first-order valence-corrected chi connectivity index (χ1v) is 48.5. The van der Waals surface area contributed by atoms with E-state index >= 15 is 0 Å². The van der Waals surface area contributed by atoms with Crippen molar-refractivity contribution in [3.8, 4) is 0 Å². The number of hydrogen-bond acceptors (Lipinski definition) is 15. The third-order valence-electron chi connectivity index (χ3n) is 20.7. The average molecular weight is 1560 g/mol. The molecule has 3 N–H and O–H groups in total. The summed E-state index contributed by atoms with van der Waals surface area (Å²) in [7, 11) is -9.93. The highest BCUT2D eigenvalue weighted by Crippen LogP contribution is 2.45. The molecule has 0 aromatic heterocycles. The van der Waals surface area contributed by atoms with Crippen molar-refractivity contribution in [2.75, 3.05) is 39.6 Å². The molecule has 0 saturated carbocycles. The van der Waals surface area contributed by atoms with Crippen molar-refractivity contribution < 1.29 is 80.2 Å². The molecule has 0 aromatic rings. The van der Waals surface area contributed by atoms with Crippen LogP contribution in [0, 0.1) is 11.8 Å². The van der Waals surface area contributed by atoms with Gasteiger partial charge in [0.15, 0.2) is 12.2 Å². The maximum Gasteiger partial charge on any atom is 0.472 e. The number of aliphatic hydroxyl groups is 1. The van der Waals surface area contributed by atoms with Gasteiger partial charge in [0.2, 0.25) is 0 Å². The summed E-state index contributed by atoms with van der Waals surface area (Å²) >= 11 is 0. The Balaban J connectivity index is 5.20. The summed E-state index contributed by atoms with van der Waals surface area (Å²) in [4.78, 5) is 73.2. The van der Waals surface area contributed by atoms with Gasteiger partial charge in [0.05, 0.1) is 26.4 Å². The molecule has 107 heavy (non-hydrogen) atoms. The maximum absolute atomic E-state index is 13.2. The molecule has 0 spiro atoms. The minimum absolute atomic E-state index is 0.108. The van der Waals surface area contributed by atoms with Crippen molar-refractivity contribution in [3.05, 3.63) is 0 Å². The van der Waals surface area contributed by atoms with Crippen LogP contribution in [-0.2, 0) is 65.4 Å². The van der Waals surface area contributed by atoms with Crippen LogP contribution in [0.2, 0.25) is 0 Å². The standard InChI is InChI=1S/C88H172O17P2/c1-7-9-11-13-15-17-18-19-20-21-22-26-31-36-41-47-53-59-65-71-86(91)99-77-84(105-88(93)72-66-60-54-48-42-37-32-27-24-23-25-29-34-39-45-50-56-62-68-80(3)4)79-103-107(96,97)101-75-82(89)74-100-106(94,95)102-78-83(76-98-85(90)70-64-58-52-44-16-14-12-10-8-2)104-87(92)73-67-61-55-49-43-38-33-28-30-35-40-46-51-57-63-69-81(5)6/h80-84,89H,7-79H2,1-6H3,(H,94,95)(H,96,97)/t82-,83+,84+/m0/s1. The minimum atomic E-state index is -4.97. The number of carbonyl (C=O) groups excluding carboxylic acids is 4. The summed E-state index contributed by atoms with van der Waals surface area (Å²) in [5, 5.41) is 10.7. The van der Waals surface area contributed by atoms with E-state index in [9.17, 15) is 43.2 Å². The number of ether oxygens (including phenoxy) is 4. The smallest absolute Gasteiger partial charge is 0.462 e. The molecule has 0 fully saturated rings. The fourth-order valence-corrected chi connectivity index (χ4v) is 15.4. The number of aliphatic hydroxyl groups excluding tert-OH is 1. The number of phosphoric acid groups is 2. The van der Waals surface area contributed by atoms with E-state index in [0.29, 0.717) is 25.7 Å². The minimum Gasteiger partial charge on any atom is -0.462 e. The molecule has 2 unspecified atom stereocenters. The van der Waals surface area contributed by atoms with Gasteiger partial charge in [0.25, 0.3) is 0 Å². The Hall–Kier alpha value is -1.94. The highest BCUT2D eigenvalue weighted by atomic mass is 31.2. The maximum atomic E-state index is 13.2. The number of phosphoric ester groups is 2. The van der Waals surface area contributed by atoms with Gasteiger partial charge in [0, 0.05) is 25.7 Å². The topological polar surface area (TPSA) is 237 Å². The summed E-state index contributed by atoms with van der Waals surface area (Å²) in [6.45, 7) is 9.73. The van der Waals surface area contributed by atoms with Gasteiger partial charge in [-0.1, -0.05) is 420 Å². The van der Waals surface area contributed by atoms with E-state index in [1.165, 1.54) is 289 Å². The Morgan fingerprint density at radius 3 is 0.636 bits per heavy atom. The highest BCUT2D eigenvalue weighted by Gasteiger charge is 2.30. The second-order valence-corrected chi connectivity index (χ2v) is 35.5. The van der Waals surface area contributed by atoms with Crippen LogP contribution in [0.15, 0.2) is 0 Å². The molecule has 0 rings (SSSR count). The van der Waals surface area contributed by atoms with E-state index in [4.69, 9.17) is 37.0 Å². The van der Waals surface area contributed by atoms with Crippen LogP contribution in [0.5, 0.6) is 0 Å². The van der Waals surface area contributed by atoms with Gasteiger partial charge in [-0.3, -0.25) is 37.3 Å². The van der Waals surface area contributed by atoms with Crippen LogP contribution in [0.25, 0.3) is 0 Å². The van der Waals surface area contributed by atoms with E-state index in [1.807, 2.05) is 0 Å². The van der Waals surface area contributed by atoms with Gasteiger partial charge >= 0.3 is 39.5 Å². The molecule has 0 saturated heterocycles. The van der Waals surface area contributed by atoms with Crippen LogP contribution in [0.4, 0.5) is 0 Å². The Morgan fingerprint density at radius 2 is 0.430 bits per heavy atom. The lowest BCUT2D eigenvalue weighted by molar-refractivity contribution is -0.161. The van der Waals surface area contributed by atoms with Gasteiger partial charge < -0.3 is 33.8 Å². The lowest BCUT2D eigenvalue weighted by Crippen LogP contribution is -2.30. The summed E-state index contributed by atoms with van der Waals surface area (Å²) < 4.78 is 68.9. The van der Waals surface area contributed by atoms with Gasteiger partial charge in [-0.15, -0.1) is 0 Å². The second-order valence-electron chi connectivity index (χ2n) is 32.6. The van der Waals surface area contributed by atoms with Gasteiger partial charge in [-0.25, -0.2) is 9.13 Å². The zero-order chi connectivity index (χ0) is 78.5. The number of carbonyl (C=O) groups is 4. The molecule has 0 aliphatic carbocycles. The molecule has 0 aliphatic rings. The third-order valence-corrected chi connectivity index (χ3v) is 22.6. The molecule has 0 heterocycles. The summed E-state index contributed by atoms with van der Waals surface area (Å²) in [6, 6.07) is 0.